The average Bonchev–Trinajstić information content (AvgIpc) is 2.94. The van der Waals surface area contributed by atoms with E-state index in [-0.39, 0.29) is 11.8 Å². The van der Waals surface area contributed by atoms with Crippen molar-refractivity contribution in [3.05, 3.63) is 41.8 Å². The number of aromatic carboxylic acids is 1. The summed E-state index contributed by atoms with van der Waals surface area (Å²) in [5, 5.41) is 9.28. The molecule has 1 aliphatic rings. The number of ether oxygens (including phenoxy) is 1. The molecule has 1 aromatic carbocycles. The minimum atomic E-state index is -1.08. The molecule has 5 nitrogen and oxygen atoms in total. The van der Waals surface area contributed by atoms with E-state index in [9.17, 15) is 9.90 Å². The van der Waals surface area contributed by atoms with Crippen LogP contribution in [0.1, 0.15) is 41.6 Å². The monoisotopic (exact) mass is 273 g/mol. The molecule has 0 radical (unpaired) electrons. The van der Waals surface area contributed by atoms with Crippen LogP contribution >= 0.6 is 0 Å². The Labute approximate surface area is 116 Å². The summed E-state index contributed by atoms with van der Waals surface area (Å²) in [7, 11) is 0. The number of carboxylic acids is 1. The summed E-state index contributed by atoms with van der Waals surface area (Å²) in [5.41, 5.74) is 0.716. The Morgan fingerprint density at radius 2 is 2.05 bits per heavy atom. The van der Waals surface area contributed by atoms with Gasteiger partial charge in [0, 0.05) is 12.2 Å². The molecule has 1 fully saturated rings. The Bertz CT molecular complexity index is 600. The maximum atomic E-state index is 11.3. The van der Waals surface area contributed by atoms with E-state index < -0.39 is 5.97 Å². The summed E-state index contributed by atoms with van der Waals surface area (Å²) in [6.07, 6.45) is 2.47. The van der Waals surface area contributed by atoms with Crippen molar-refractivity contribution in [3.63, 3.8) is 0 Å². The number of nitrogens with zero attached hydrogens (tertiary/aromatic N) is 1. The average molecular weight is 273 g/mol. The maximum Gasteiger partial charge on any atom is 0.358 e. The lowest BCUT2D eigenvalue weighted by Crippen LogP contribution is -2.14. The minimum absolute atomic E-state index is 0.0456. The van der Waals surface area contributed by atoms with E-state index in [1.54, 1.807) is 0 Å². The Kier molecular flexibility index (Phi) is 3.52. The molecule has 3 rings (SSSR count). The van der Waals surface area contributed by atoms with Crippen LogP contribution in [0.25, 0.3) is 11.5 Å². The Hall–Kier alpha value is -2.14. The van der Waals surface area contributed by atoms with Crippen molar-refractivity contribution in [2.24, 2.45) is 0 Å². The number of aromatic nitrogens is 1. The normalized spacial score (nSPS) is 18.9. The van der Waals surface area contributed by atoms with Gasteiger partial charge < -0.3 is 14.3 Å². The molecule has 5 heteroatoms. The fraction of sp³-hybridized carbons (Fsp3) is 0.333. The standard InChI is InChI=1S/C15H15NO4/c17-15(18)12-13(11-8-4-5-9-19-11)20-14(16-12)10-6-2-1-3-7-10/h1-3,6-7,11H,4-5,8-9H2,(H,17,18). The highest BCUT2D eigenvalue weighted by Crippen LogP contribution is 2.33. The van der Waals surface area contributed by atoms with Gasteiger partial charge in [-0.3, -0.25) is 0 Å². The van der Waals surface area contributed by atoms with Crippen LogP contribution in [0.15, 0.2) is 34.7 Å². The van der Waals surface area contributed by atoms with Gasteiger partial charge in [-0.05, 0) is 31.4 Å². The molecular weight excluding hydrogens is 258 g/mol. The van der Waals surface area contributed by atoms with E-state index in [1.807, 2.05) is 30.3 Å². The van der Waals surface area contributed by atoms with Gasteiger partial charge >= 0.3 is 5.97 Å². The Balaban J connectivity index is 2.00. The van der Waals surface area contributed by atoms with Crippen molar-refractivity contribution in [1.29, 1.82) is 0 Å². The van der Waals surface area contributed by atoms with E-state index in [2.05, 4.69) is 4.98 Å². The second-order valence-corrected chi connectivity index (χ2v) is 4.76. The molecule has 104 valence electrons. The van der Waals surface area contributed by atoms with Gasteiger partial charge in [0.15, 0.2) is 11.5 Å². The largest absolute Gasteiger partial charge is 0.476 e. The van der Waals surface area contributed by atoms with Crippen molar-refractivity contribution >= 4 is 5.97 Å². The molecule has 1 unspecified atom stereocenters. The van der Waals surface area contributed by atoms with Crippen molar-refractivity contribution in [1.82, 2.24) is 4.98 Å². The van der Waals surface area contributed by atoms with Gasteiger partial charge in [-0.1, -0.05) is 18.2 Å². The molecule has 0 bridgehead atoms. The number of oxazole rings is 1. The Morgan fingerprint density at radius 3 is 2.70 bits per heavy atom. The predicted molar refractivity (Wildman–Crippen MR) is 71.4 cm³/mol. The second kappa shape index (κ2) is 5.46. The van der Waals surface area contributed by atoms with Gasteiger partial charge in [-0.15, -0.1) is 0 Å². The number of rotatable bonds is 3. The molecule has 1 aliphatic heterocycles. The number of carbonyl (C=O) groups is 1. The molecule has 0 aliphatic carbocycles. The first-order valence-corrected chi connectivity index (χ1v) is 6.67. The van der Waals surface area contributed by atoms with Crippen LogP contribution in [-0.4, -0.2) is 22.7 Å². The zero-order valence-electron chi connectivity index (χ0n) is 10.9. The van der Waals surface area contributed by atoms with Crippen LogP contribution < -0.4 is 0 Å². The molecule has 0 spiro atoms. The predicted octanol–water partition coefficient (Wildman–Crippen LogP) is 3.28. The Morgan fingerprint density at radius 1 is 1.25 bits per heavy atom. The fourth-order valence-electron chi connectivity index (χ4n) is 2.36. The molecule has 1 aromatic heterocycles. The maximum absolute atomic E-state index is 11.3. The SMILES string of the molecule is O=C(O)c1nc(-c2ccccc2)oc1C1CCCCO1. The van der Waals surface area contributed by atoms with E-state index in [1.165, 1.54) is 0 Å². The van der Waals surface area contributed by atoms with Crippen LogP contribution in [0, 0.1) is 0 Å². The van der Waals surface area contributed by atoms with Crippen molar-refractivity contribution < 1.29 is 19.1 Å². The van der Waals surface area contributed by atoms with Gasteiger partial charge in [-0.25, -0.2) is 9.78 Å². The van der Waals surface area contributed by atoms with Gasteiger partial charge in [0.25, 0.3) is 0 Å². The van der Waals surface area contributed by atoms with Gasteiger partial charge in [0.05, 0.1) is 0 Å². The van der Waals surface area contributed by atoms with Crippen LogP contribution in [0.5, 0.6) is 0 Å². The molecule has 1 atom stereocenters. The first-order chi connectivity index (χ1) is 9.75. The third-order valence-corrected chi connectivity index (χ3v) is 3.35. The lowest BCUT2D eigenvalue weighted by molar-refractivity contribution is 0.00109. The number of carboxylic acid groups (broad SMARTS) is 1. The molecule has 0 saturated carbocycles. The highest BCUT2D eigenvalue weighted by molar-refractivity contribution is 5.87. The third kappa shape index (κ3) is 2.44. The molecule has 1 N–H and O–H groups in total. The number of hydrogen-bond acceptors (Lipinski definition) is 4. The van der Waals surface area contributed by atoms with Crippen LogP contribution in [-0.2, 0) is 4.74 Å². The van der Waals surface area contributed by atoms with E-state index in [0.717, 1.165) is 24.8 Å². The topological polar surface area (TPSA) is 72.6 Å². The van der Waals surface area contributed by atoms with Crippen molar-refractivity contribution in [3.8, 4) is 11.5 Å². The lowest BCUT2D eigenvalue weighted by Gasteiger charge is -2.20. The summed E-state index contributed by atoms with van der Waals surface area (Å²) in [6.45, 7) is 0.630. The molecule has 0 amide bonds. The summed E-state index contributed by atoms with van der Waals surface area (Å²) < 4.78 is 11.3. The molecule has 20 heavy (non-hydrogen) atoms. The summed E-state index contributed by atoms with van der Waals surface area (Å²) >= 11 is 0. The summed E-state index contributed by atoms with van der Waals surface area (Å²) in [4.78, 5) is 15.4. The van der Waals surface area contributed by atoms with Gasteiger partial charge in [0.1, 0.15) is 6.10 Å². The first-order valence-electron chi connectivity index (χ1n) is 6.67. The third-order valence-electron chi connectivity index (χ3n) is 3.35. The quantitative estimate of drug-likeness (QED) is 0.929. The summed E-state index contributed by atoms with van der Waals surface area (Å²) in [5.74, 6) is -0.427. The van der Waals surface area contributed by atoms with Crippen LogP contribution in [0.2, 0.25) is 0 Å². The van der Waals surface area contributed by atoms with Crippen LogP contribution in [0.3, 0.4) is 0 Å². The molecular formula is C15H15NO4. The lowest BCUT2D eigenvalue weighted by atomic mass is 10.1. The molecule has 2 heterocycles. The van der Waals surface area contributed by atoms with Crippen molar-refractivity contribution in [2.75, 3.05) is 6.61 Å². The van der Waals surface area contributed by atoms with E-state index in [4.69, 9.17) is 9.15 Å². The highest BCUT2D eigenvalue weighted by Gasteiger charge is 2.28. The number of hydrogen-bond donors (Lipinski definition) is 1. The molecule has 2 aromatic rings. The number of benzene rings is 1. The first kappa shape index (κ1) is 12.9. The molecule has 1 saturated heterocycles. The zero-order chi connectivity index (χ0) is 13.9. The van der Waals surface area contributed by atoms with E-state index in [0.29, 0.717) is 18.3 Å². The minimum Gasteiger partial charge on any atom is -0.476 e. The smallest absolute Gasteiger partial charge is 0.358 e. The van der Waals surface area contributed by atoms with Gasteiger partial charge in [0.2, 0.25) is 5.89 Å². The van der Waals surface area contributed by atoms with Crippen LogP contribution in [0.4, 0.5) is 0 Å². The van der Waals surface area contributed by atoms with E-state index >= 15 is 0 Å². The zero-order valence-corrected chi connectivity index (χ0v) is 10.9. The van der Waals surface area contributed by atoms with Crippen molar-refractivity contribution in [2.45, 2.75) is 25.4 Å². The fourth-order valence-corrected chi connectivity index (χ4v) is 2.36. The highest BCUT2D eigenvalue weighted by atomic mass is 16.5. The summed E-state index contributed by atoms with van der Waals surface area (Å²) in [6, 6.07) is 9.27. The second-order valence-electron chi connectivity index (χ2n) is 4.76. The van der Waals surface area contributed by atoms with Gasteiger partial charge in [-0.2, -0.15) is 0 Å².